The van der Waals surface area contributed by atoms with Crippen LogP contribution in [-0.4, -0.2) is 32.4 Å². The molecule has 4 rings (SSSR count). The van der Waals surface area contributed by atoms with Crippen molar-refractivity contribution in [1.29, 1.82) is 0 Å². The van der Waals surface area contributed by atoms with E-state index in [9.17, 15) is 14.4 Å². The maximum atomic E-state index is 13.0. The van der Waals surface area contributed by atoms with E-state index in [1.54, 1.807) is 17.7 Å². The Bertz CT molecular complexity index is 1370. The van der Waals surface area contributed by atoms with E-state index in [0.29, 0.717) is 17.8 Å². The van der Waals surface area contributed by atoms with Gasteiger partial charge in [0.1, 0.15) is 5.69 Å². The van der Waals surface area contributed by atoms with E-state index in [4.69, 9.17) is 4.74 Å². The fraction of sp³-hybridized carbons (Fsp3) is 0.308. The smallest absolute Gasteiger partial charge is 0.306 e. The number of carbonyl (C=O) groups is 2. The van der Waals surface area contributed by atoms with Gasteiger partial charge in [-0.05, 0) is 31.5 Å². The molecule has 2 aromatic carbocycles. The van der Waals surface area contributed by atoms with Crippen molar-refractivity contribution >= 4 is 33.7 Å². The summed E-state index contributed by atoms with van der Waals surface area (Å²) in [6, 6.07) is 15.0. The number of aryl methyl sites for hydroxylation is 2. The van der Waals surface area contributed by atoms with Crippen LogP contribution in [-0.2, 0) is 22.5 Å². The molecule has 170 valence electrons. The molecule has 0 radical (unpaired) electrons. The molecule has 0 saturated heterocycles. The number of unbranched alkanes of at least 4 members (excludes halogenated alkanes) is 1. The van der Waals surface area contributed by atoms with Crippen LogP contribution in [0, 0.1) is 0 Å². The molecule has 7 heteroatoms. The normalized spacial score (nSPS) is 12.2. The highest BCUT2D eigenvalue weighted by atomic mass is 16.5. The third kappa shape index (κ3) is 4.72. The summed E-state index contributed by atoms with van der Waals surface area (Å²) >= 11 is 0. The summed E-state index contributed by atoms with van der Waals surface area (Å²) in [5.74, 6) is -0.809. The van der Waals surface area contributed by atoms with Crippen LogP contribution < -0.4 is 5.56 Å². The van der Waals surface area contributed by atoms with Crippen LogP contribution in [0.25, 0.3) is 21.9 Å². The van der Waals surface area contributed by atoms with Gasteiger partial charge in [-0.25, -0.2) is 4.98 Å². The van der Waals surface area contributed by atoms with E-state index in [-0.39, 0.29) is 24.2 Å². The van der Waals surface area contributed by atoms with Crippen molar-refractivity contribution in [2.24, 2.45) is 0 Å². The molecule has 4 aromatic rings. The molecule has 2 heterocycles. The molecule has 0 amide bonds. The van der Waals surface area contributed by atoms with Crippen molar-refractivity contribution in [2.75, 3.05) is 0 Å². The molecular formula is C26H27N3O4. The van der Waals surface area contributed by atoms with Crippen LogP contribution in [0.4, 0.5) is 0 Å². The third-order valence-electron chi connectivity index (χ3n) is 5.75. The van der Waals surface area contributed by atoms with Gasteiger partial charge in [0.25, 0.3) is 5.56 Å². The lowest BCUT2D eigenvalue weighted by Crippen LogP contribution is -2.28. The van der Waals surface area contributed by atoms with E-state index in [2.05, 4.69) is 16.9 Å². The number of fused-ring (bicyclic) bond motifs is 2. The van der Waals surface area contributed by atoms with Crippen LogP contribution in [0.3, 0.4) is 0 Å². The van der Waals surface area contributed by atoms with Gasteiger partial charge in [0.05, 0.1) is 17.5 Å². The summed E-state index contributed by atoms with van der Waals surface area (Å²) in [4.78, 5) is 45.8. The highest BCUT2D eigenvalue weighted by molar-refractivity contribution is 6.10. The number of aromatic amines is 1. The first-order valence-corrected chi connectivity index (χ1v) is 11.3. The van der Waals surface area contributed by atoms with Crippen LogP contribution in [0.1, 0.15) is 49.2 Å². The lowest BCUT2D eigenvalue weighted by Gasteiger charge is -2.13. The molecule has 0 saturated carbocycles. The second-order valence-electron chi connectivity index (χ2n) is 8.10. The van der Waals surface area contributed by atoms with Crippen molar-refractivity contribution in [3.05, 3.63) is 76.3 Å². The molecule has 0 aliphatic heterocycles. The Morgan fingerprint density at radius 2 is 1.88 bits per heavy atom. The summed E-state index contributed by atoms with van der Waals surface area (Å²) < 4.78 is 7.12. The zero-order valence-corrected chi connectivity index (χ0v) is 18.8. The molecule has 1 atom stereocenters. The second-order valence-corrected chi connectivity index (χ2v) is 8.10. The zero-order valence-electron chi connectivity index (χ0n) is 18.8. The number of nitrogens with one attached hydrogen (secondary N) is 1. The number of carbonyl (C=O) groups excluding carboxylic acids is 2. The Balaban J connectivity index is 1.46. The average Bonchev–Trinajstić information content (AvgIpc) is 3.26. The average molecular weight is 446 g/mol. The number of Topliss-reactive ketones (excluding diaryl/α,β-unsaturated/α-hetero) is 1. The number of esters is 1. The van der Waals surface area contributed by atoms with Gasteiger partial charge in [-0.2, -0.15) is 0 Å². The largest absolute Gasteiger partial charge is 0.454 e. The van der Waals surface area contributed by atoms with Gasteiger partial charge in [-0.3, -0.25) is 14.4 Å². The summed E-state index contributed by atoms with van der Waals surface area (Å²) in [6.07, 6.45) is 2.68. The lowest BCUT2D eigenvalue weighted by atomic mass is 10.1. The first kappa shape index (κ1) is 22.5. The fourth-order valence-corrected chi connectivity index (χ4v) is 3.97. The highest BCUT2D eigenvalue weighted by Gasteiger charge is 2.22. The number of nitrogens with zero attached hydrogens (tertiary/aromatic N) is 2. The lowest BCUT2D eigenvalue weighted by molar-refractivity contribution is -0.146. The number of hydrogen-bond donors (Lipinski definition) is 1. The van der Waals surface area contributed by atoms with Gasteiger partial charge in [-0.1, -0.05) is 43.7 Å². The highest BCUT2D eigenvalue weighted by Crippen LogP contribution is 2.20. The van der Waals surface area contributed by atoms with E-state index in [1.165, 1.54) is 0 Å². The minimum atomic E-state index is -0.928. The zero-order chi connectivity index (χ0) is 23.4. The van der Waals surface area contributed by atoms with Crippen molar-refractivity contribution in [1.82, 2.24) is 14.5 Å². The maximum Gasteiger partial charge on any atom is 0.306 e. The Kier molecular flexibility index (Phi) is 6.68. The summed E-state index contributed by atoms with van der Waals surface area (Å²) in [7, 11) is 0. The van der Waals surface area contributed by atoms with Gasteiger partial charge < -0.3 is 14.3 Å². The summed E-state index contributed by atoms with van der Waals surface area (Å²) in [6.45, 7) is 4.24. The topological polar surface area (TPSA) is 94.0 Å². The van der Waals surface area contributed by atoms with Gasteiger partial charge in [-0.15, -0.1) is 0 Å². The van der Waals surface area contributed by atoms with Gasteiger partial charge in [0.15, 0.2) is 6.10 Å². The number of benzene rings is 2. The SMILES string of the molecule is CCCCn1c(=O)c(CCC(=O)O[C@H](C)C(=O)c2c[nH]c3ccccc23)nc2ccccc21. The number of ether oxygens (including phenoxy) is 1. The number of hydrogen-bond acceptors (Lipinski definition) is 5. The Labute approximate surface area is 191 Å². The van der Waals surface area contributed by atoms with Gasteiger partial charge >= 0.3 is 5.97 Å². The predicted molar refractivity (Wildman–Crippen MR) is 127 cm³/mol. The van der Waals surface area contributed by atoms with Gasteiger partial charge in [0, 0.05) is 35.6 Å². The molecular weight excluding hydrogens is 418 g/mol. The molecule has 7 nitrogen and oxygen atoms in total. The van der Waals surface area contributed by atoms with E-state index in [0.717, 1.165) is 34.8 Å². The van der Waals surface area contributed by atoms with Crippen molar-refractivity contribution in [2.45, 2.75) is 52.2 Å². The monoisotopic (exact) mass is 445 g/mol. The van der Waals surface area contributed by atoms with Crippen LogP contribution in [0.5, 0.6) is 0 Å². The van der Waals surface area contributed by atoms with Gasteiger partial charge in [0.2, 0.25) is 5.78 Å². The quantitative estimate of drug-likeness (QED) is 0.304. The Morgan fingerprint density at radius 3 is 2.70 bits per heavy atom. The van der Waals surface area contributed by atoms with Crippen molar-refractivity contribution in [3.8, 4) is 0 Å². The molecule has 0 fully saturated rings. The Morgan fingerprint density at radius 1 is 1.12 bits per heavy atom. The molecule has 1 N–H and O–H groups in total. The third-order valence-corrected chi connectivity index (χ3v) is 5.75. The predicted octanol–water partition coefficient (Wildman–Crippen LogP) is 4.43. The minimum absolute atomic E-state index is 0.0279. The van der Waals surface area contributed by atoms with Crippen molar-refractivity contribution < 1.29 is 14.3 Å². The first-order chi connectivity index (χ1) is 16.0. The molecule has 0 aliphatic rings. The number of H-pyrrole nitrogens is 1. The molecule has 33 heavy (non-hydrogen) atoms. The standard InChI is InChI=1S/C26H27N3O4/c1-3-4-15-29-23-12-8-7-11-21(23)28-22(26(29)32)13-14-24(30)33-17(2)25(31)19-16-27-20-10-6-5-9-18(19)20/h5-12,16-17,27H,3-4,13-15H2,1-2H3/t17-/m1/s1. The second kappa shape index (κ2) is 9.81. The molecule has 2 aromatic heterocycles. The van der Waals surface area contributed by atoms with Crippen LogP contribution >= 0.6 is 0 Å². The van der Waals surface area contributed by atoms with Crippen LogP contribution in [0.15, 0.2) is 59.5 Å². The summed E-state index contributed by atoms with van der Waals surface area (Å²) in [5, 5.41) is 0.790. The number of rotatable bonds is 9. The molecule has 0 bridgehead atoms. The first-order valence-electron chi connectivity index (χ1n) is 11.3. The molecule has 0 spiro atoms. The Hall–Kier alpha value is -3.74. The van der Waals surface area contributed by atoms with Crippen molar-refractivity contribution in [3.63, 3.8) is 0 Å². The molecule has 0 unspecified atom stereocenters. The minimum Gasteiger partial charge on any atom is -0.454 e. The molecule has 0 aliphatic carbocycles. The number of aromatic nitrogens is 3. The van der Waals surface area contributed by atoms with E-state index >= 15 is 0 Å². The maximum absolute atomic E-state index is 13.0. The van der Waals surface area contributed by atoms with E-state index in [1.807, 2.05) is 48.5 Å². The number of para-hydroxylation sites is 3. The fourth-order valence-electron chi connectivity index (χ4n) is 3.97. The van der Waals surface area contributed by atoms with Crippen LogP contribution in [0.2, 0.25) is 0 Å². The van der Waals surface area contributed by atoms with E-state index < -0.39 is 12.1 Å². The number of ketones is 1. The summed E-state index contributed by atoms with van der Waals surface area (Å²) in [5.41, 5.74) is 3.00.